The summed E-state index contributed by atoms with van der Waals surface area (Å²) in [7, 11) is 2.13. The van der Waals surface area contributed by atoms with Crippen LogP contribution in [0.3, 0.4) is 0 Å². The van der Waals surface area contributed by atoms with Gasteiger partial charge in [0.25, 0.3) is 0 Å². The van der Waals surface area contributed by atoms with Crippen LogP contribution in [-0.2, 0) is 4.79 Å². The SMILES string of the molecule is CC(C)NC1(C(=O)N2CCN(C)CC2)CCCCC1. The van der Waals surface area contributed by atoms with Crippen molar-refractivity contribution in [3.63, 3.8) is 0 Å². The Kier molecular flexibility index (Phi) is 4.85. The smallest absolute Gasteiger partial charge is 0.242 e. The van der Waals surface area contributed by atoms with Gasteiger partial charge in [-0.25, -0.2) is 0 Å². The molecule has 1 aliphatic carbocycles. The number of carbonyl (C=O) groups is 1. The third kappa shape index (κ3) is 3.48. The maximum atomic E-state index is 13.0. The molecule has 19 heavy (non-hydrogen) atoms. The van der Waals surface area contributed by atoms with E-state index in [1.807, 2.05) is 0 Å². The van der Waals surface area contributed by atoms with Gasteiger partial charge in [-0.3, -0.25) is 4.79 Å². The minimum atomic E-state index is -0.275. The van der Waals surface area contributed by atoms with Crippen LogP contribution in [0.25, 0.3) is 0 Å². The Labute approximate surface area is 117 Å². The Morgan fingerprint density at radius 1 is 1.05 bits per heavy atom. The van der Waals surface area contributed by atoms with Gasteiger partial charge in [0.1, 0.15) is 0 Å². The summed E-state index contributed by atoms with van der Waals surface area (Å²) in [4.78, 5) is 17.3. The maximum absolute atomic E-state index is 13.0. The number of nitrogens with one attached hydrogen (secondary N) is 1. The van der Waals surface area contributed by atoms with Crippen molar-refractivity contribution in [2.24, 2.45) is 0 Å². The fourth-order valence-corrected chi connectivity index (χ4v) is 3.44. The molecule has 4 heteroatoms. The molecule has 110 valence electrons. The summed E-state index contributed by atoms with van der Waals surface area (Å²) in [5, 5.41) is 3.60. The van der Waals surface area contributed by atoms with E-state index in [1.165, 1.54) is 19.3 Å². The molecule has 0 aromatic rings. The van der Waals surface area contributed by atoms with Crippen molar-refractivity contribution in [3.8, 4) is 0 Å². The molecule has 0 atom stereocenters. The summed E-state index contributed by atoms with van der Waals surface area (Å²) in [5.74, 6) is 0.356. The van der Waals surface area contributed by atoms with Crippen LogP contribution in [0.5, 0.6) is 0 Å². The number of nitrogens with zero attached hydrogens (tertiary/aromatic N) is 2. The molecular weight excluding hydrogens is 238 g/mol. The quantitative estimate of drug-likeness (QED) is 0.841. The van der Waals surface area contributed by atoms with Crippen LogP contribution in [0.1, 0.15) is 46.0 Å². The highest BCUT2D eigenvalue weighted by molar-refractivity contribution is 5.86. The van der Waals surface area contributed by atoms with Crippen LogP contribution in [-0.4, -0.2) is 60.5 Å². The normalized spacial score (nSPS) is 24.7. The molecule has 0 spiro atoms. The van der Waals surface area contributed by atoms with E-state index in [1.54, 1.807) is 0 Å². The maximum Gasteiger partial charge on any atom is 0.242 e. The Morgan fingerprint density at radius 3 is 2.16 bits per heavy atom. The topological polar surface area (TPSA) is 35.6 Å². The van der Waals surface area contributed by atoms with Gasteiger partial charge in [-0.15, -0.1) is 0 Å². The molecule has 1 heterocycles. The molecule has 0 bridgehead atoms. The van der Waals surface area contributed by atoms with E-state index in [-0.39, 0.29) is 5.54 Å². The van der Waals surface area contributed by atoms with Crippen molar-refractivity contribution in [2.45, 2.75) is 57.5 Å². The second-order valence-corrected chi connectivity index (χ2v) is 6.54. The average Bonchev–Trinajstić information content (AvgIpc) is 2.39. The number of piperazine rings is 1. The predicted octanol–water partition coefficient (Wildman–Crippen LogP) is 1.46. The van der Waals surface area contributed by atoms with Gasteiger partial charge in [-0.2, -0.15) is 0 Å². The lowest BCUT2D eigenvalue weighted by atomic mass is 9.80. The number of likely N-dealkylation sites (N-methyl/N-ethyl adjacent to an activating group) is 1. The summed E-state index contributed by atoms with van der Waals surface area (Å²) < 4.78 is 0. The zero-order valence-electron chi connectivity index (χ0n) is 12.7. The van der Waals surface area contributed by atoms with Gasteiger partial charge in [0.15, 0.2) is 0 Å². The molecule has 1 saturated carbocycles. The molecule has 1 saturated heterocycles. The average molecular weight is 267 g/mol. The number of amides is 1. The highest BCUT2D eigenvalue weighted by Gasteiger charge is 2.42. The molecule has 1 N–H and O–H groups in total. The second kappa shape index (κ2) is 6.23. The first-order valence-corrected chi connectivity index (χ1v) is 7.79. The van der Waals surface area contributed by atoms with Crippen molar-refractivity contribution in [2.75, 3.05) is 33.2 Å². The second-order valence-electron chi connectivity index (χ2n) is 6.54. The van der Waals surface area contributed by atoms with Crippen LogP contribution in [0.2, 0.25) is 0 Å². The van der Waals surface area contributed by atoms with Gasteiger partial charge in [-0.1, -0.05) is 19.3 Å². The van der Waals surface area contributed by atoms with Gasteiger partial charge in [0.2, 0.25) is 5.91 Å². The van der Waals surface area contributed by atoms with Crippen molar-refractivity contribution in [1.82, 2.24) is 15.1 Å². The molecule has 2 fully saturated rings. The lowest BCUT2D eigenvalue weighted by Crippen LogP contribution is -2.63. The summed E-state index contributed by atoms with van der Waals surface area (Å²) in [5.41, 5.74) is -0.275. The Bertz CT molecular complexity index is 303. The summed E-state index contributed by atoms with van der Waals surface area (Å²) in [6.45, 7) is 8.07. The molecule has 1 aliphatic heterocycles. The number of hydrogen-bond acceptors (Lipinski definition) is 3. The molecule has 0 radical (unpaired) electrons. The third-order valence-corrected chi connectivity index (χ3v) is 4.47. The largest absolute Gasteiger partial charge is 0.339 e. The number of carbonyl (C=O) groups excluding carboxylic acids is 1. The van der Waals surface area contributed by atoms with Gasteiger partial charge in [-0.05, 0) is 33.7 Å². The van der Waals surface area contributed by atoms with E-state index in [0.717, 1.165) is 39.0 Å². The lowest BCUT2D eigenvalue weighted by molar-refractivity contribution is -0.142. The summed E-state index contributed by atoms with van der Waals surface area (Å²) >= 11 is 0. The first kappa shape index (κ1) is 14.8. The zero-order valence-corrected chi connectivity index (χ0v) is 12.7. The highest BCUT2D eigenvalue weighted by Crippen LogP contribution is 2.31. The van der Waals surface area contributed by atoms with Crippen LogP contribution < -0.4 is 5.32 Å². The zero-order chi connectivity index (χ0) is 13.9. The van der Waals surface area contributed by atoms with E-state index < -0.39 is 0 Å². The Balaban J connectivity index is 2.06. The summed E-state index contributed by atoms with van der Waals surface area (Å²) in [6, 6.07) is 0.370. The minimum Gasteiger partial charge on any atom is -0.339 e. The number of rotatable bonds is 3. The van der Waals surface area contributed by atoms with Crippen molar-refractivity contribution >= 4 is 5.91 Å². The van der Waals surface area contributed by atoms with E-state index in [0.29, 0.717) is 11.9 Å². The molecule has 2 aliphatic rings. The minimum absolute atomic E-state index is 0.275. The molecule has 4 nitrogen and oxygen atoms in total. The predicted molar refractivity (Wildman–Crippen MR) is 78.2 cm³/mol. The van der Waals surface area contributed by atoms with Gasteiger partial charge in [0, 0.05) is 32.2 Å². The van der Waals surface area contributed by atoms with E-state index in [4.69, 9.17) is 0 Å². The molecule has 0 unspecified atom stereocenters. The standard InChI is InChI=1S/C15H29N3O/c1-13(2)16-15(7-5-4-6-8-15)14(19)18-11-9-17(3)10-12-18/h13,16H,4-12H2,1-3H3. The van der Waals surface area contributed by atoms with Crippen LogP contribution in [0.4, 0.5) is 0 Å². The van der Waals surface area contributed by atoms with Gasteiger partial charge >= 0.3 is 0 Å². The van der Waals surface area contributed by atoms with E-state index in [2.05, 4.69) is 36.0 Å². The van der Waals surface area contributed by atoms with Crippen LogP contribution in [0.15, 0.2) is 0 Å². The summed E-state index contributed by atoms with van der Waals surface area (Å²) in [6.07, 6.45) is 5.66. The van der Waals surface area contributed by atoms with Crippen molar-refractivity contribution in [1.29, 1.82) is 0 Å². The van der Waals surface area contributed by atoms with Crippen LogP contribution in [0, 0.1) is 0 Å². The van der Waals surface area contributed by atoms with Crippen molar-refractivity contribution < 1.29 is 4.79 Å². The Morgan fingerprint density at radius 2 is 1.63 bits per heavy atom. The molecule has 0 aromatic carbocycles. The fraction of sp³-hybridized carbons (Fsp3) is 0.933. The van der Waals surface area contributed by atoms with E-state index in [9.17, 15) is 4.79 Å². The van der Waals surface area contributed by atoms with E-state index >= 15 is 0 Å². The highest BCUT2D eigenvalue weighted by atomic mass is 16.2. The monoisotopic (exact) mass is 267 g/mol. The van der Waals surface area contributed by atoms with Gasteiger partial charge in [0.05, 0.1) is 5.54 Å². The Hall–Kier alpha value is -0.610. The molecule has 1 amide bonds. The molecular formula is C15H29N3O. The van der Waals surface area contributed by atoms with Gasteiger partial charge < -0.3 is 15.1 Å². The van der Waals surface area contributed by atoms with Crippen molar-refractivity contribution in [3.05, 3.63) is 0 Å². The fourth-order valence-electron chi connectivity index (χ4n) is 3.44. The number of hydrogen-bond donors (Lipinski definition) is 1. The molecule has 0 aromatic heterocycles. The lowest BCUT2D eigenvalue weighted by Gasteiger charge is -2.43. The third-order valence-electron chi connectivity index (χ3n) is 4.47. The first-order valence-electron chi connectivity index (χ1n) is 7.79. The molecule has 2 rings (SSSR count). The first-order chi connectivity index (χ1) is 9.03. The van der Waals surface area contributed by atoms with Crippen LogP contribution >= 0.6 is 0 Å².